The summed E-state index contributed by atoms with van der Waals surface area (Å²) in [6.07, 6.45) is 15.5. The number of fused-ring (bicyclic) bond motifs is 1. The normalized spacial score (nSPS) is 30.8. The third-order valence-corrected chi connectivity index (χ3v) is 6.51. The molecule has 0 N–H and O–H groups in total. The molecule has 4 rings (SSSR count). The van der Waals surface area contributed by atoms with E-state index in [2.05, 4.69) is 6.42 Å². The van der Waals surface area contributed by atoms with E-state index in [0.29, 0.717) is 11.7 Å². The Morgan fingerprint density at radius 2 is 1.54 bits per heavy atom. The summed E-state index contributed by atoms with van der Waals surface area (Å²) < 4.78 is 20.1. The van der Waals surface area contributed by atoms with Crippen molar-refractivity contribution in [2.45, 2.75) is 70.3 Å². The average molecular weight is 401 g/mol. The zero-order valence-electron chi connectivity index (χ0n) is 15.0. The molecule has 0 radical (unpaired) electrons. The molecule has 1 heterocycles. The molecule has 2 fully saturated rings. The molecule has 1 nitrogen and oxygen atoms in total. The van der Waals surface area contributed by atoms with E-state index in [0.717, 1.165) is 30.2 Å². The minimum absolute atomic E-state index is 0. The molecule has 0 amide bonds. The van der Waals surface area contributed by atoms with Gasteiger partial charge in [-0.15, -0.1) is 0 Å². The van der Waals surface area contributed by atoms with Gasteiger partial charge in [-0.3, -0.25) is 0 Å². The third kappa shape index (κ3) is 4.35. The second kappa shape index (κ2) is 9.11. The first kappa shape index (κ1) is 19.5. The predicted molar refractivity (Wildman–Crippen MR) is 90.8 cm³/mol. The van der Waals surface area contributed by atoms with Gasteiger partial charge in [-0.1, -0.05) is 25.0 Å². The zero-order valence-corrected chi connectivity index (χ0v) is 19.9. The van der Waals surface area contributed by atoms with E-state index in [1.165, 1.54) is 57.4 Å². The van der Waals surface area contributed by atoms with Crippen LogP contribution in [0.25, 0.3) is 0 Å². The zero-order chi connectivity index (χ0) is 15.6. The van der Waals surface area contributed by atoms with Crippen LogP contribution in [-0.2, 0) is 6.42 Å². The van der Waals surface area contributed by atoms with E-state index in [-0.39, 0.29) is 70.1 Å². The first-order chi connectivity index (χ1) is 11.3. The number of aryl methyl sites for hydroxylation is 1. The van der Waals surface area contributed by atoms with Gasteiger partial charge in [0, 0.05) is 0 Å². The average Bonchev–Trinajstić information content (AvgIpc) is 2.63. The summed E-state index contributed by atoms with van der Waals surface area (Å²) in [7, 11) is 0. The summed E-state index contributed by atoms with van der Waals surface area (Å²) in [4.78, 5) is 0. The first-order valence-corrected chi connectivity index (χ1v) is 9.57. The molecule has 1 unspecified atom stereocenters. The Balaban J connectivity index is 0.00000169. The van der Waals surface area contributed by atoms with Gasteiger partial charge in [0.1, 0.15) is 6.10 Å². The molecule has 0 aromatic heterocycles. The van der Waals surface area contributed by atoms with Crippen LogP contribution in [0, 0.1) is 30.0 Å². The number of halogens is 1. The van der Waals surface area contributed by atoms with Gasteiger partial charge in [0.2, 0.25) is 0 Å². The van der Waals surface area contributed by atoms with Gasteiger partial charge in [0.25, 0.3) is 0 Å². The van der Waals surface area contributed by atoms with Crippen molar-refractivity contribution in [1.29, 1.82) is 0 Å². The van der Waals surface area contributed by atoms with E-state index in [1.54, 1.807) is 6.07 Å². The Kier molecular flexibility index (Phi) is 7.40. The smallest absolute Gasteiger partial charge is 0.487 e. The van der Waals surface area contributed by atoms with E-state index in [4.69, 9.17) is 4.74 Å². The van der Waals surface area contributed by atoms with Crippen LogP contribution < -0.4 is 62.9 Å². The second-order valence-electron chi connectivity index (χ2n) is 7.80. The Morgan fingerprint density at radius 3 is 2.29 bits per heavy atom. The maximum atomic E-state index is 14.0. The third-order valence-electron chi connectivity index (χ3n) is 6.51. The van der Waals surface area contributed by atoms with Crippen LogP contribution >= 0.6 is 0 Å². The summed E-state index contributed by atoms with van der Waals surface area (Å²) in [6, 6.07) is 5.33. The van der Waals surface area contributed by atoms with E-state index < -0.39 is 0 Å². The molecule has 0 bridgehead atoms. The van der Waals surface area contributed by atoms with Gasteiger partial charge in [-0.2, -0.15) is 12.8 Å². The van der Waals surface area contributed by atoms with Gasteiger partial charge >= 0.3 is 58.2 Å². The van der Waals surface area contributed by atoms with Gasteiger partial charge in [-0.05, 0) is 67.9 Å². The molecule has 2 aliphatic carbocycles. The molecule has 2 saturated carbocycles. The van der Waals surface area contributed by atoms with E-state index >= 15 is 0 Å². The molecule has 1 atom stereocenters. The fourth-order valence-electron chi connectivity index (χ4n) is 5.13. The quantitative estimate of drug-likeness (QED) is 0.694. The molecular weight excluding hydrogens is 373 g/mol. The van der Waals surface area contributed by atoms with Crippen LogP contribution in [0.2, 0.25) is 0 Å². The van der Waals surface area contributed by atoms with Crippen LogP contribution in [0.3, 0.4) is 0 Å². The number of para-hydroxylation sites is 1. The number of rotatable bonds is 2. The van der Waals surface area contributed by atoms with Crippen molar-refractivity contribution in [3.05, 3.63) is 36.0 Å². The summed E-state index contributed by atoms with van der Waals surface area (Å²) >= 11 is 0. The van der Waals surface area contributed by atoms with Gasteiger partial charge in [0.15, 0.2) is 11.6 Å². The van der Waals surface area contributed by atoms with E-state index in [1.807, 2.05) is 6.07 Å². The second-order valence-corrected chi connectivity index (χ2v) is 7.80. The fourth-order valence-corrected chi connectivity index (χ4v) is 5.13. The standard InChI is InChI=1S/C21H28FO.Rb/c22-19-8-4-7-18-13-14-20(23-21(18)19)17-11-9-16(10-12-17)15-5-2-1-3-6-15;/h1,4,7-8,15-17,20H,2-3,5-6,9-14H2;/q-1;+1. The number of hydrogen-bond donors (Lipinski definition) is 0. The van der Waals surface area contributed by atoms with Crippen LogP contribution in [0.4, 0.5) is 4.39 Å². The van der Waals surface area contributed by atoms with Gasteiger partial charge in [0.05, 0.1) is 0 Å². The largest absolute Gasteiger partial charge is 1.00 e. The Bertz CT molecular complexity index is 533. The minimum atomic E-state index is -0.181. The van der Waals surface area contributed by atoms with Crippen molar-refractivity contribution in [3.8, 4) is 5.75 Å². The molecular formula is C21H28FORb. The van der Waals surface area contributed by atoms with Gasteiger partial charge < -0.3 is 11.2 Å². The van der Waals surface area contributed by atoms with Crippen molar-refractivity contribution in [1.82, 2.24) is 0 Å². The number of ether oxygens (including phenoxy) is 1. The molecule has 0 spiro atoms. The summed E-state index contributed by atoms with van der Waals surface area (Å²) in [5.74, 6) is 2.89. The van der Waals surface area contributed by atoms with Gasteiger partial charge in [-0.25, -0.2) is 4.39 Å². The molecule has 24 heavy (non-hydrogen) atoms. The fraction of sp³-hybridized carbons (Fsp3) is 0.667. The molecule has 3 aliphatic rings. The predicted octanol–water partition coefficient (Wildman–Crippen LogP) is 2.72. The van der Waals surface area contributed by atoms with Crippen molar-refractivity contribution >= 4 is 0 Å². The molecule has 3 heteroatoms. The molecule has 1 aromatic carbocycles. The monoisotopic (exact) mass is 400 g/mol. The molecule has 126 valence electrons. The summed E-state index contributed by atoms with van der Waals surface area (Å²) in [5.41, 5.74) is 1.05. The van der Waals surface area contributed by atoms with Crippen molar-refractivity contribution in [3.63, 3.8) is 0 Å². The Morgan fingerprint density at radius 1 is 0.875 bits per heavy atom. The topological polar surface area (TPSA) is 9.23 Å². The SMILES string of the molecule is Fc1cccc2c1OC(C1CCC(C3CC[CH-]CC3)CC1)CC2.[Rb+]. The number of benzene rings is 1. The number of hydrogen-bond acceptors (Lipinski definition) is 1. The van der Waals surface area contributed by atoms with Crippen molar-refractivity contribution in [2.24, 2.45) is 17.8 Å². The van der Waals surface area contributed by atoms with E-state index in [9.17, 15) is 4.39 Å². The minimum Gasteiger partial charge on any atom is -0.487 e. The molecule has 0 saturated heterocycles. The molecule has 1 aromatic rings. The summed E-state index contributed by atoms with van der Waals surface area (Å²) in [5, 5.41) is 0. The molecule has 1 aliphatic heterocycles. The van der Waals surface area contributed by atoms with Crippen LogP contribution in [0.1, 0.15) is 63.4 Å². The van der Waals surface area contributed by atoms with Crippen molar-refractivity contribution in [2.75, 3.05) is 0 Å². The van der Waals surface area contributed by atoms with Crippen LogP contribution in [0.5, 0.6) is 5.75 Å². The van der Waals surface area contributed by atoms with Crippen LogP contribution in [0.15, 0.2) is 18.2 Å². The van der Waals surface area contributed by atoms with Crippen molar-refractivity contribution < 1.29 is 67.3 Å². The maximum Gasteiger partial charge on any atom is 1.00 e. The maximum absolute atomic E-state index is 14.0. The Hall–Kier alpha value is 0.755. The van der Waals surface area contributed by atoms with Crippen LogP contribution in [-0.4, -0.2) is 6.10 Å². The Labute approximate surface area is 194 Å². The first-order valence-electron chi connectivity index (χ1n) is 9.57. The summed E-state index contributed by atoms with van der Waals surface area (Å²) in [6.45, 7) is 0.